The summed E-state index contributed by atoms with van der Waals surface area (Å²) in [6.07, 6.45) is 5.66. The number of carbonyl (C=O) groups is 1. The topological polar surface area (TPSA) is 38.3 Å². The van der Waals surface area contributed by atoms with E-state index >= 15 is 0 Å². The van der Waals surface area contributed by atoms with Crippen LogP contribution in [-0.4, -0.2) is 13.1 Å². The predicted molar refractivity (Wildman–Crippen MR) is 103 cm³/mol. The predicted octanol–water partition coefficient (Wildman–Crippen LogP) is 5.37. The fourth-order valence-electron chi connectivity index (χ4n) is 4.15. The zero-order valence-electron chi connectivity index (χ0n) is 14.3. The fraction of sp³-hybridized carbons (Fsp3) is 0.286. The SMILES string of the molecule is COC(=O)c1ccc2c(c1C)N[C@H](c1ccc(Br)cc1)[C@@H]1CC=C[C@@H]21. The number of benzene rings is 2. The Kier molecular flexibility index (Phi) is 4.16. The summed E-state index contributed by atoms with van der Waals surface area (Å²) in [5, 5.41) is 3.73. The second-order valence-corrected chi connectivity index (χ2v) is 7.64. The summed E-state index contributed by atoms with van der Waals surface area (Å²) in [5.74, 6) is 0.596. The van der Waals surface area contributed by atoms with Crippen molar-refractivity contribution in [3.8, 4) is 0 Å². The molecular formula is C21H20BrNO2. The zero-order valence-corrected chi connectivity index (χ0v) is 15.8. The standard InChI is InChI=1S/C21H20BrNO2/c1-12-15(21(24)25-2)10-11-18-16-4-3-5-17(16)20(23-19(12)18)13-6-8-14(22)9-7-13/h3-4,6-11,16-17,20,23H,5H2,1-2H3/t16-,17-,20-/m1/s1. The van der Waals surface area contributed by atoms with Crippen molar-refractivity contribution >= 4 is 27.6 Å². The number of hydrogen-bond acceptors (Lipinski definition) is 3. The van der Waals surface area contributed by atoms with Crippen molar-refractivity contribution in [1.82, 2.24) is 0 Å². The summed E-state index contributed by atoms with van der Waals surface area (Å²) in [5.41, 5.74) is 5.21. The second-order valence-electron chi connectivity index (χ2n) is 6.72. The lowest BCUT2D eigenvalue weighted by atomic mass is 9.76. The van der Waals surface area contributed by atoms with Gasteiger partial charge in [-0.05, 0) is 54.2 Å². The third-order valence-corrected chi connectivity index (χ3v) is 5.96. The smallest absolute Gasteiger partial charge is 0.338 e. The third kappa shape index (κ3) is 2.69. The molecule has 0 radical (unpaired) electrons. The van der Waals surface area contributed by atoms with E-state index in [9.17, 15) is 4.79 Å². The molecule has 2 aromatic carbocycles. The van der Waals surface area contributed by atoms with E-state index in [1.165, 1.54) is 18.2 Å². The van der Waals surface area contributed by atoms with Gasteiger partial charge in [0.15, 0.2) is 0 Å². The highest BCUT2D eigenvalue weighted by Gasteiger charge is 2.38. The molecule has 0 unspecified atom stereocenters. The monoisotopic (exact) mass is 397 g/mol. The van der Waals surface area contributed by atoms with E-state index < -0.39 is 0 Å². The highest BCUT2D eigenvalue weighted by Crippen LogP contribution is 2.51. The van der Waals surface area contributed by atoms with Gasteiger partial charge >= 0.3 is 5.97 Å². The maximum atomic E-state index is 12.1. The van der Waals surface area contributed by atoms with Crippen molar-refractivity contribution in [1.29, 1.82) is 0 Å². The minimum absolute atomic E-state index is 0.229. The first-order valence-corrected chi connectivity index (χ1v) is 9.30. The van der Waals surface area contributed by atoms with Gasteiger partial charge in [-0.2, -0.15) is 0 Å². The Morgan fingerprint density at radius 2 is 1.96 bits per heavy atom. The van der Waals surface area contributed by atoms with Crippen LogP contribution in [-0.2, 0) is 4.74 Å². The molecule has 1 N–H and O–H groups in total. The Morgan fingerprint density at radius 3 is 2.68 bits per heavy atom. The number of carbonyl (C=O) groups excluding carboxylic acids is 1. The number of fused-ring (bicyclic) bond motifs is 3. The molecular weight excluding hydrogens is 378 g/mol. The van der Waals surface area contributed by atoms with Crippen LogP contribution in [0.15, 0.2) is 53.0 Å². The number of esters is 1. The maximum absolute atomic E-state index is 12.1. The molecule has 1 aliphatic heterocycles. The van der Waals surface area contributed by atoms with Gasteiger partial charge in [0, 0.05) is 16.1 Å². The Hall–Kier alpha value is -2.07. The van der Waals surface area contributed by atoms with Gasteiger partial charge in [0.25, 0.3) is 0 Å². The fourth-order valence-corrected chi connectivity index (χ4v) is 4.41. The third-order valence-electron chi connectivity index (χ3n) is 5.43. The highest BCUT2D eigenvalue weighted by atomic mass is 79.9. The Labute approximate surface area is 156 Å². The molecule has 0 amide bonds. The van der Waals surface area contributed by atoms with Gasteiger partial charge < -0.3 is 10.1 Å². The summed E-state index contributed by atoms with van der Waals surface area (Å²) in [6, 6.07) is 12.7. The number of anilines is 1. The van der Waals surface area contributed by atoms with Crippen LogP contribution in [0.2, 0.25) is 0 Å². The van der Waals surface area contributed by atoms with Gasteiger partial charge in [-0.1, -0.05) is 46.3 Å². The molecule has 2 aromatic rings. The van der Waals surface area contributed by atoms with E-state index in [-0.39, 0.29) is 12.0 Å². The van der Waals surface area contributed by atoms with Crippen LogP contribution >= 0.6 is 15.9 Å². The number of methoxy groups -OCH3 is 1. The molecule has 0 saturated heterocycles. The number of halogens is 1. The van der Waals surface area contributed by atoms with Crippen LogP contribution in [0.3, 0.4) is 0 Å². The first-order chi connectivity index (χ1) is 12.1. The van der Waals surface area contributed by atoms with Crippen molar-refractivity contribution in [2.75, 3.05) is 12.4 Å². The van der Waals surface area contributed by atoms with Crippen LogP contribution in [0.25, 0.3) is 0 Å². The molecule has 3 atom stereocenters. The number of hydrogen-bond donors (Lipinski definition) is 1. The van der Waals surface area contributed by atoms with Gasteiger partial charge in [-0.25, -0.2) is 4.79 Å². The maximum Gasteiger partial charge on any atom is 0.338 e. The lowest BCUT2D eigenvalue weighted by Crippen LogP contribution is -2.30. The Bertz CT molecular complexity index is 857. The van der Waals surface area contributed by atoms with Crippen LogP contribution in [0, 0.1) is 12.8 Å². The summed E-state index contributed by atoms with van der Waals surface area (Å²) in [4.78, 5) is 12.1. The van der Waals surface area contributed by atoms with Crippen molar-refractivity contribution < 1.29 is 9.53 Å². The molecule has 4 heteroatoms. The summed E-state index contributed by atoms with van der Waals surface area (Å²) in [6.45, 7) is 2.00. The van der Waals surface area contributed by atoms with E-state index in [0.717, 1.165) is 22.1 Å². The summed E-state index contributed by atoms with van der Waals surface area (Å²) >= 11 is 3.51. The molecule has 128 valence electrons. The Balaban J connectivity index is 1.81. The molecule has 1 heterocycles. The molecule has 0 bridgehead atoms. The minimum atomic E-state index is -0.286. The molecule has 25 heavy (non-hydrogen) atoms. The molecule has 0 saturated carbocycles. The molecule has 2 aliphatic rings. The van der Waals surface area contributed by atoms with E-state index in [4.69, 9.17) is 4.74 Å². The number of nitrogens with one attached hydrogen (secondary N) is 1. The van der Waals surface area contributed by atoms with E-state index in [1.54, 1.807) is 0 Å². The quantitative estimate of drug-likeness (QED) is 0.546. The first-order valence-electron chi connectivity index (χ1n) is 8.50. The second kappa shape index (κ2) is 6.34. The average Bonchev–Trinajstić information content (AvgIpc) is 3.12. The molecule has 4 rings (SSSR count). The zero-order chi connectivity index (χ0) is 17.6. The van der Waals surface area contributed by atoms with Gasteiger partial charge in [0.2, 0.25) is 0 Å². The first kappa shape index (κ1) is 16.4. The van der Waals surface area contributed by atoms with E-state index in [2.05, 4.69) is 63.7 Å². The van der Waals surface area contributed by atoms with E-state index in [1.807, 2.05) is 13.0 Å². The summed E-state index contributed by atoms with van der Waals surface area (Å²) < 4.78 is 6.01. The minimum Gasteiger partial charge on any atom is -0.465 e. The number of ether oxygens (including phenoxy) is 1. The van der Waals surface area contributed by atoms with Crippen LogP contribution in [0.1, 0.15) is 45.4 Å². The van der Waals surface area contributed by atoms with Gasteiger partial charge in [-0.15, -0.1) is 0 Å². The Morgan fingerprint density at radius 1 is 1.20 bits per heavy atom. The molecule has 3 nitrogen and oxygen atoms in total. The van der Waals surface area contributed by atoms with Crippen LogP contribution in [0.5, 0.6) is 0 Å². The number of allylic oxidation sites excluding steroid dienone is 2. The summed E-state index contributed by atoms with van der Waals surface area (Å²) in [7, 11) is 1.43. The van der Waals surface area contributed by atoms with Crippen molar-refractivity contribution in [3.05, 3.63) is 75.3 Å². The van der Waals surface area contributed by atoms with Crippen LogP contribution < -0.4 is 5.32 Å². The average molecular weight is 398 g/mol. The molecule has 0 aromatic heterocycles. The van der Waals surface area contributed by atoms with Gasteiger partial charge in [0.05, 0.1) is 18.7 Å². The molecule has 1 aliphatic carbocycles. The lowest BCUT2D eigenvalue weighted by molar-refractivity contribution is 0.0600. The normalized spacial score (nSPS) is 23.6. The van der Waals surface area contributed by atoms with Crippen molar-refractivity contribution in [2.45, 2.75) is 25.3 Å². The largest absolute Gasteiger partial charge is 0.465 e. The lowest BCUT2D eigenvalue weighted by Gasteiger charge is -2.38. The van der Waals surface area contributed by atoms with Crippen molar-refractivity contribution in [3.63, 3.8) is 0 Å². The van der Waals surface area contributed by atoms with E-state index in [0.29, 0.717) is 17.4 Å². The van der Waals surface area contributed by atoms with Gasteiger partial charge in [0.1, 0.15) is 0 Å². The molecule has 0 spiro atoms. The van der Waals surface area contributed by atoms with Gasteiger partial charge in [-0.3, -0.25) is 0 Å². The number of rotatable bonds is 2. The van der Waals surface area contributed by atoms with Crippen molar-refractivity contribution in [2.24, 2.45) is 5.92 Å². The van der Waals surface area contributed by atoms with Crippen LogP contribution in [0.4, 0.5) is 5.69 Å². The molecule has 0 fully saturated rings. The highest BCUT2D eigenvalue weighted by molar-refractivity contribution is 9.10.